The van der Waals surface area contributed by atoms with Gasteiger partial charge in [0.15, 0.2) is 6.10 Å². The van der Waals surface area contributed by atoms with Crippen LogP contribution in [0.25, 0.3) is 0 Å². The fraction of sp³-hybridized carbons (Fsp3) is 0.500. The van der Waals surface area contributed by atoms with Gasteiger partial charge in [-0.1, -0.05) is 35.7 Å². The van der Waals surface area contributed by atoms with Gasteiger partial charge in [0.2, 0.25) is 0 Å². The number of piperazine rings is 1. The Morgan fingerprint density at radius 1 is 1.09 bits per heavy atom. The first kappa shape index (κ1) is 32.0. The highest BCUT2D eigenvalue weighted by atomic mass is 35.5. The number of amides is 3. The number of nitrogens with zero attached hydrogens (tertiary/aromatic N) is 4. The second-order valence-electron chi connectivity index (χ2n) is 12.7. The van der Waals surface area contributed by atoms with Gasteiger partial charge < -0.3 is 29.9 Å². The van der Waals surface area contributed by atoms with Crippen molar-refractivity contribution < 1.29 is 23.9 Å². The zero-order valence-electron chi connectivity index (χ0n) is 26.2. The molecule has 3 fully saturated rings. The van der Waals surface area contributed by atoms with E-state index in [1.807, 2.05) is 29.2 Å². The average molecular weight is 649 g/mol. The van der Waals surface area contributed by atoms with E-state index >= 15 is 0 Å². The highest BCUT2D eigenvalue weighted by Crippen LogP contribution is 2.43. The van der Waals surface area contributed by atoms with E-state index in [0.717, 1.165) is 44.6 Å². The average Bonchev–Trinajstić information content (AvgIpc) is 3.06. The van der Waals surface area contributed by atoms with Gasteiger partial charge in [0.1, 0.15) is 5.60 Å². The summed E-state index contributed by atoms with van der Waals surface area (Å²) in [5.74, 6) is 2.30. The van der Waals surface area contributed by atoms with Crippen molar-refractivity contribution in [1.82, 2.24) is 19.6 Å². The van der Waals surface area contributed by atoms with Crippen LogP contribution in [0.1, 0.15) is 42.4 Å². The first-order valence-corrected chi connectivity index (χ1v) is 16.3. The van der Waals surface area contributed by atoms with Gasteiger partial charge in [-0.15, -0.1) is 6.42 Å². The number of fused-ring (bicyclic) bond motifs is 2. The standard InChI is InChI=1S/C34H41ClN6O5/c1-3-24-20-23(21-27(35)30(24)36)22-29(31(42)40-12-8-25(9-13-40)39-18-16-38(2)17-19-39)45-33(44)41-14-10-34(11-15-41)26-6-4-5-7-28(26)37-32(43)46-34/h1,4-7,20-21,25,29H,8-19,22,36H2,2H3,(H,37,43)/t29-/m1/s1. The fourth-order valence-corrected chi connectivity index (χ4v) is 7.36. The number of benzene rings is 2. The van der Waals surface area contributed by atoms with Gasteiger partial charge in [0.25, 0.3) is 5.91 Å². The summed E-state index contributed by atoms with van der Waals surface area (Å²) >= 11 is 6.37. The summed E-state index contributed by atoms with van der Waals surface area (Å²) in [5, 5.41) is 3.04. The molecule has 2 aromatic rings. The lowest BCUT2D eigenvalue weighted by atomic mass is 9.82. The predicted octanol–water partition coefficient (Wildman–Crippen LogP) is 3.74. The van der Waals surface area contributed by atoms with E-state index in [2.05, 4.69) is 28.1 Å². The van der Waals surface area contributed by atoms with Crippen LogP contribution in [0.5, 0.6) is 0 Å². The molecule has 0 saturated carbocycles. The molecule has 1 spiro atoms. The third-order valence-electron chi connectivity index (χ3n) is 9.89. The number of halogens is 1. The van der Waals surface area contributed by atoms with Crippen LogP contribution in [0.4, 0.5) is 21.0 Å². The number of carbonyl (C=O) groups excluding carboxylic acids is 3. The molecule has 1 atom stereocenters. The third-order valence-corrected chi connectivity index (χ3v) is 10.2. The van der Waals surface area contributed by atoms with Crippen molar-refractivity contribution in [2.75, 3.05) is 70.5 Å². The van der Waals surface area contributed by atoms with E-state index in [1.165, 1.54) is 0 Å². The Morgan fingerprint density at radius 3 is 2.48 bits per heavy atom. The van der Waals surface area contributed by atoms with Crippen molar-refractivity contribution in [3.63, 3.8) is 0 Å². The van der Waals surface area contributed by atoms with E-state index in [4.69, 9.17) is 33.2 Å². The number of ether oxygens (including phenoxy) is 2. The summed E-state index contributed by atoms with van der Waals surface area (Å²) < 4.78 is 11.8. The second-order valence-corrected chi connectivity index (χ2v) is 13.1. The smallest absolute Gasteiger partial charge is 0.412 e. The molecule has 3 saturated heterocycles. The molecule has 4 heterocycles. The number of nitrogens with one attached hydrogen (secondary N) is 1. The molecule has 12 heteroatoms. The molecule has 0 aromatic heterocycles. The molecular formula is C34H41ClN6O5. The Kier molecular flexibility index (Phi) is 9.32. The first-order valence-electron chi connectivity index (χ1n) is 16.0. The Labute approximate surface area is 274 Å². The van der Waals surface area contributed by atoms with Gasteiger partial charge in [0.05, 0.1) is 16.4 Å². The number of terminal acetylenes is 1. The van der Waals surface area contributed by atoms with E-state index < -0.39 is 23.9 Å². The van der Waals surface area contributed by atoms with Crippen LogP contribution < -0.4 is 11.1 Å². The van der Waals surface area contributed by atoms with Gasteiger partial charge in [-0.25, -0.2) is 9.59 Å². The van der Waals surface area contributed by atoms with Crippen LogP contribution in [0, 0.1) is 12.3 Å². The van der Waals surface area contributed by atoms with Crippen LogP contribution >= 0.6 is 11.6 Å². The quantitative estimate of drug-likeness (QED) is 0.372. The molecular weight excluding hydrogens is 608 g/mol. The molecule has 0 aliphatic carbocycles. The maximum Gasteiger partial charge on any atom is 0.412 e. The SMILES string of the molecule is C#Cc1cc(C[C@@H](OC(=O)N2CCC3(CC2)OC(=O)Nc2ccccc23)C(=O)N2CCC(N3CCN(C)CC3)CC2)cc(Cl)c1N. The summed E-state index contributed by atoms with van der Waals surface area (Å²) in [6.07, 6.45) is 6.14. The minimum absolute atomic E-state index is 0.103. The number of likely N-dealkylation sites (tertiary alicyclic amines) is 2. The van der Waals surface area contributed by atoms with E-state index in [1.54, 1.807) is 17.0 Å². The van der Waals surface area contributed by atoms with Crippen molar-refractivity contribution in [2.24, 2.45) is 0 Å². The monoisotopic (exact) mass is 648 g/mol. The molecule has 3 N–H and O–H groups in total. The second kappa shape index (κ2) is 13.4. The number of hydrogen-bond acceptors (Lipinski definition) is 8. The number of piperidine rings is 2. The van der Waals surface area contributed by atoms with Gasteiger partial charge in [0, 0.05) is 88.8 Å². The normalized spacial score (nSPS) is 21.1. The molecule has 2 aromatic carbocycles. The zero-order chi connectivity index (χ0) is 32.4. The fourth-order valence-electron chi connectivity index (χ4n) is 7.12. The lowest BCUT2D eigenvalue weighted by molar-refractivity contribution is -0.143. The van der Waals surface area contributed by atoms with Crippen molar-refractivity contribution in [1.29, 1.82) is 0 Å². The van der Waals surface area contributed by atoms with Crippen molar-refractivity contribution in [3.8, 4) is 12.3 Å². The predicted molar refractivity (Wildman–Crippen MR) is 175 cm³/mol. The minimum Gasteiger partial charge on any atom is -0.438 e. The maximum atomic E-state index is 14.0. The van der Waals surface area contributed by atoms with E-state index in [-0.39, 0.29) is 17.4 Å². The Morgan fingerprint density at radius 2 is 1.78 bits per heavy atom. The number of nitrogens with two attached hydrogens (primary N) is 1. The van der Waals surface area contributed by atoms with Crippen molar-refractivity contribution >= 4 is 41.1 Å². The van der Waals surface area contributed by atoms with Crippen LogP contribution in [-0.2, 0) is 26.3 Å². The minimum atomic E-state index is -1.08. The van der Waals surface area contributed by atoms with Crippen LogP contribution in [0.2, 0.25) is 5.02 Å². The summed E-state index contributed by atoms with van der Waals surface area (Å²) in [5.41, 5.74) is 8.19. The lowest BCUT2D eigenvalue weighted by Gasteiger charge is -2.44. The molecule has 11 nitrogen and oxygen atoms in total. The zero-order valence-corrected chi connectivity index (χ0v) is 26.9. The van der Waals surface area contributed by atoms with Gasteiger partial charge in [-0.2, -0.15) is 0 Å². The van der Waals surface area contributed by atoms with Crippen LogP contribution in [-0.4, -0.2) is 109 Å². The number of anilines is 2. The summed E-state index contributed by atoms with van der Waals surface area (Å²) in [4.78, 5) is 48.2. The van der Waals surface area contributed by atoms with Crippen LogP contribution in [0.3, 0.4) is 0 Å². The lowest BCUT2D eigenvalue weighted by Crippen LogP contribution is -2.54. The molecule has 0 bridgehead atoms. The highest BCUT2D eigenvalue weighted by Gasteiger charge is 2.46. The Balaban J connectivity index is 1.15. The number of hydrogen-bond donors (Lipinski definition) is 2. The van der Waals surface area contributed by atoms with Gasteiger partial charge in [-0.05, 0) is 43.7 Å². The van der Waals surface area contributed by atoms with Crippen molar-refractivity contribution in [3.05, 3.63) is 58.1 Å². The molecule has 4 aliphatic heterocycles. The van der Waals surface area contributed by atoms with Crippen LogP contribution in [0.15, 0.2) is 36.4 Å². The number of rotatable bonds is 5. The molecule has 3 amide bonds. The molecule has 0 unspecified atom stereocenters. The Bertz CT molecular complexity index is 1520. The number of nitrogen functional groups attached to an aromatic ring is 1. The highest BCUT2D eigenvalue weighted by molar-refractivity contribution is 6.33. The topological polar surface area (TPSA) is 121 Å². The third kappa shape index (κ3) is 6.61. The largest absolute Gasteiger partial charge is 0.438 e. The number of carbonyl (C=O) groups is 3. The first-order chi connectivity index (χ1) is 22.2. The Hall–Kier alpha value is -3.98. The van der Waals surface area contributed by atoms with Crippen molar-refractivity contribution in [2.45, 2.75) is 49.9 Å². The number of likely N-dealkylation sites (N-methyl/N-ethyl adjacent to an activating group) is 1. The van der Waals surface area contributed by atoms with Gasteiger partial charge >= 0.3 is 12.2 Å². The van der Waals surface area contributed by atoms with E-state index in [0.29, 0.717) is 67.6 Å². The van der Waals surface area contributed by atoms with Gasteiger partial charge in [-0.3, -0.25) is 15.0 Å². The summed E-state index contributed by atoms with van der Waals surface area (Å²) in [6, 6.07) is 11.4. The molecule has 4 aliphatic rings. The maximum absolute atomic E-state index is 14.0. The molecule has 46 heavy (non-hydrogen) atoms. The number of para-hydroxylation sites is 1. The molecule has 6 rings (SSSR count). The molecule has 244 valence electrons. The summed E-state index contributed by atoms with van der Waals surface area (Å²) in [7, 11) is 2.14. The molecule has 0 radical (unpaired) electrons. The summed E-state index contributed by atoms with van der Waals surface area (Å²) in [6.45, 7) is 5.93. The van der Waals surface area contributed by atoms with E-state index in [9.17, 15) is 14.4 Å².